The third-order valence-corrected chi connectivity index (χ3v) is 6.82. The SMILES string of the molecule is N#Cc1ccc(Oc2cc(Cl)cc(Cl)c2)c(N)c1.N#Cc1ccc(Oc2cc(Cl)cc(Cl)c2)c(S(=O)(=O)Cl)c1. The molecule has 4 aromatic carbocycles. The Kier molecular flexibility index (Phi) is 10.2. The van der Waals surface area contributed by atoms with Crippen LogP contribution in [0.1, 0.15) is 11.1 Å². The molecule has 0 fully saturated rings. The Morgan fingerprint density at radius 3 is 1.46 bits per heavy atom. The highest BCUT2D eigenvalue weighted by Gasteiger charge is 2.19. The van der Waals surface area contributed by atoms with E-state index in [-0.39, 0.29) is 22.0 Å². The summed E-state index contributed by atoms with van der Waals surface area (Å²) in [6.45, 7) is 0. The summed E-state index contributed by atoms with van der Waals surface area (Å²) in [5.41, 5.74) is 6.78. The molecule has 2 N–H and O–H groups in total. The van der Waals surface area contributed by atoms with Crippen LogP contribution < -0.4 is 15.2 Å². The van der Waals surface area contributed by atoms with Crippen LogP contribution in [-0.4, -0.2) is 8.42 Å². The average Bonchev–Trinajstić information content (AvgIpc) is 2.84. The second kappa shape index (κ2) is 13.1. The molecule has 0 atom stereocenters. The van der Waals surface area contributed by atoms with E-state index in [0.29, 0.717) is 42.8 Å². The number of nitrogens with two attached hydrogens (primary N) is 1. The molecule has 0 unspecified atom stereocenters. The lowest BCUT2D eigenvalue weighted by Gasteiger charge is -2.10. The van der Waals surface area contributed by atoms with Gasteiger partial charge in [-0.15, -0.1) is 0 Å². The van der Waals surface area contributed by atoms with Crippen molar-refractivity contribution < 1.29 is 17.9 Å². The molecule has 0 spiro atoms. The van der Waals surface area contributed by atoms with Gasteiger partial charge in [0.2, 0.25) is 0 Å². The van der Waals surface area contributed by atoms with Crippen LogP contribution in [0.4, 0.5) is 5.69 Å². The monoisotopic (exact) mass is 639 g/mol. The summed E-state index contributed by atoms with van der Waals surface area (Å²) in [7, 11) is 1.28. The predicted octanol–water partition coefficient (Wildman–Crippen LogP) is 8.82. The van der Waals surface area contributed by atoms with E-state index in [1.165, 1.54) is 30.3 Å². The van der Waals surface area contributed by atoms with Gasteiger partial charge in [-0.3, -0.25) is 0 Å². The predicted molar refractivity (Wildman–Crippen MR) is 153 cm³/mol. The first-order valence-corrected chi connectivity index (χ1v) is 14.3. The maximum Gasteiger partial charge on any atom is 0.265 e. The van der Waals surface area contributed by atoms with Crippen molar-refractivity contribution in [3.8, 4) is 35.1 Å². The molecule has 0 aliphatic carbocycles. The maximum atomic E-state index is 11.6. The third kappa shape index (κ3) is 8.84. The van der Waals surface area contributed by atoms with Gasteiger partial charge >= 0.3 is 0 Å². The lowest BCUT2D eigenvalue weighted by Crippen LogP contribution is -1.97. The Morgan fingerprint density at radius 2 is 1.05 bits per heavy atom. The van der Waals surface area contributed by atoms with Crippen LogP contribution >= 0.6 is 57.1 Å². The summed E-state index contributed by atoms with van der Waals surface area (Å²) in [6, 6.07) is 21.8. The zero-order valence-corrected chi connectivity index (χ0v) is 23.9. The highest BCUT2D eigenvalue weighted by Crippen LogP contribution is 2.34. The van der Waals surface area contributed by atoms with Crippen LogP contribution in [0, 0.1) is 22.7 Å². The molecule has 0 aliphatic heterocycles. The van der Waals surface area contributed by atoms with Gasteiger partial charge in [-0.1, -0.05) is 46.4 Å². The normalized spacial score (nSPS) is 10.4. The fourth-order valence-corrected chi connectivity index (χ4v) is 4.98. The average molecular weight is 642 g/mol. The second-order valence-electron chi connectivity index (χ2n) is 7.49. The van der Waals surface area contributed by atoms with Gasteiger partial charge in [-0.05, 0) is 72.8 Å². The van der Waals surface area contributed by atoms with Crippen LogP contribution in [0.15, 0.2) is 77.7 Å². The fourth-order valence-electron chi connectivity index (χ4n) is 2.99. The van der Waals surface area contributed by atoms with Crippen LogP contribution in [0.25, 0.3) is 0 Å². The Balaban J connectivity index is 0.000000218. The number of benzene rings is 4. The summed E-state index contributed by atoms with van der Waals surface area (Å²) in [5.74, 6) is 1.16. The van der Waals surface area contributed by atoms with Gasteiger partial charge in [-0.2, -0.15) is 10.5 Å². The van der Waals surface area contributed by atoms with Gasteiger partial charge in [-0.25, -0.2) is 8.42 Å². The van der Waals surface area contributed by atoms with Crippen molar-refractivity contribution in [3.63, 3.8) is 0 Å². The number of nitriles is 2. The molecule has 0 bridgehead atoms. The Bertz CT molecular complexity index is 1690. The molecule has 0 saturated heterocycles. The van der Waals surface area contributed by atoms with E-state index >= 15 is 0 Å². The number of anilines is 1. The lowest BCUT2D eigenvalue weighted by atomic mass is 10.2. The zero-order valence-electron chi connectivity index (χ0n) is 19.3. The molecule has 4 aromatic rings. The van der Waals surface area contributed by atoms with E-state index in [1.807, 2.05) is 12.1 Å². The van der Waals surface area contributed by atoms with E-state index in [1.54, 1.807) is 36.4 Å². The number of hydrogen-bond donors (Lipinski definition) is 1. The molecule has 4 rings (SSSR count). The number of nitrogen functional groups attached to an aromatic ring is 1. The van der Waals surface area contributed by atoms with Crippen LogP contribution in [0.3, 0.4) is 0 Å². The molecule has 7 nitrogen and oxygen atoms in total. The van der Waals surface area contributed by atoms with Crippen molar-refractivity contribution >= 4 is 71.8 Å². The number of hydrogen-bond acceptors (Lipinski definition) is 7. The minimum Gasteiger partial charge on any atom is -0.456 e. The molecule has 0 saturated carbocycles. The second-order valence-corrected chi connectivity index (χ2v) is 11.8. The molecule has 0 aliphatic rings. The van der Waals surface area contributed by atoms with Crippen LogP contribution in [-0.2, 0) is 9.05 Å². The molecule has 0 aromatic heterocycles. The van der Waals surface area contributed by atoms with E-state index < -0.39 is 9.05 Å². The first-order chi connectivity index (χ1) is 18.4. The van der Waals surface area contributed by atoms with E-state index in [2.05, 4.69) is 0 Å². The van der Waals surface area contributed by atoms with Gasteiger partial charge in [0.1, 0.15) is 27.9 Å². The Morgan fingerprint density at radius 1 is 0.641 bits per heavy atom. The maximum absolute atomic E-state index is 11.6. The summed E-state index contributed by atoms with van der Waals surface area (Å²) in [4.78, 5) is -0.306. The standard InChI is InChI=1S/C13H6Cl3NO3S.C13H8Cl2N2O/c14-9-4-10(15)6-11(5-9)20-12-2-1-8(7-17)3-13(12)21(16,18)19;14-9-4-10(15)6-11(5-9)18-13-2-1-8(7-16)3-12(13)17/h1-6H;1-6H,17H2. The summed E-state index contributed by atoms with van der Waals surface area (Å²) in [6.07, 6.45) is 0. The number of nitrogens with zero attached hydrogens (tertiary/aromatic N) is 2. The smallest absolute Gasteiger partial charge is 0.265 e. The first kappa shape index (κ1) is 30.2. The number of rotatable bonds is 5. The highest BCUT2D eigenvalue weighted by molar-refractivity contribution is 8.13. The molecule has 13 heteroatoms. The quantitative estimate of drug-likeness (QED) is 0.170. The van der Waals surface area contributed by atoms with Crippen molar-refractivity contribution in [3.05, 3.63) is 104 Å². The van der Waals surface area contributed by atoms with Crippen LogP contribution in [0.2, 0.25) is 20.1 Å². The van der Waals surface area contributed by atoms with Gasteiger partial charge in [0.15, 0.2) is 0 Å². The zero-order chi connectivity index (χ0) is 28.7. The molecule has 39 heavy (non-hydrogen) atoms. The largest absolute Gasteiger partial charge is 0.456 e. The van der Waals surface area contributed by atoms with Crippen molar-refractivity contribution in [2.24, 2.45) is 0 Å². The topological polar surface area (TPSA) is 126 Å². The van der Waals surface area contributed by atoms with Gasteiger partial charge < -0.3 is 15.2 Å². The molecular weight excluding hydrogens is 628 g/mol. The van der Waals surface area contributed by atoms with Crippen molar-refractivity contribution in [1.82, 2.24) is 0 Å². The van der Waals surface area contributed by atoms with E-state index in [0.717, 1.165) is 6.07 Å². The van der Waals surface area contributed by atoms with Gasteiger partial charge in [0.25, 0.3) is 9.05 Å². The molecule has 0 amide bonds. The molecule has 198 valence electrons. The van der Waals surface area contributed by atoms with E-state index in [9.17, 15) is 8.42 Å². The highest BCUT2D eigenvalue weighted by atomic mass is 35.7. The van der Waals surface area contributed by atoms with Gasteiger partial charge in [0.05, 0.1) is 29.0 Å². The lowest BCUT2D eigenvalue weighted by molar-refractivity contribution is 0.468. The van der Waals surface area contributed by atoms with Crippen molar-refractivity contribution in [2.75, 3.05) is 5.73 Å². The first-order valence-electron chi connectivity index (χ1n) is 10.4. The molecular formula is C26H14Cl5N3O4S. The summed E-state index contributed by atoms with van der Waals surface area (Å²) < 4.78 is 34.2. The Hall–Kier alpha value is -3.34. The van der Waals surface area contributed by atoms with Crippen molar-refractivity contribution in [1.29, 1.82) is 10.5 Å². The molecule has 0 heterocycles. The minimum absolute atomic E-state index is 0.0256. The number of ether oxygens (including phenoxy) is 2. The fraction of sp³-hybridized carbons (Fsp3) is 0. The van der Waals surface area contributed by atoms with E-state index in [4.69, 9.17) is 82.8 Å². The minimum atomic E-state index is -4.08. The number of halogens is 5. The Labute approximate surface area is 248 Å². The van der Waals surface area contributed by atoms with Gasteiger partial charge in [0, 0.05) is 30.8 Å². The summed E-state index contributed by atoms with van der Waals surface area (Å²) in [5, 5.41) is 19.2. The van der Waals surface area contributed by atoms with Crippen LogP contribution in [0.5, 0.6) is 23.0 Å². The van der Waals surface area contributed by atoms with Crippen molar-refractivity contribution in [2.45, 2.75) is 4.90 Å². The third-order valence-electron chi connectivity index (χ3n) is 4.60. The summed E-state index contributed by atoms with van der Waals surface area (Å²) >= 11 is 23.4. The molecule has 0 radical (unpaired) electrons.